The number of methoxy groups -OCH3 is 1. The predicted octanol–water partition coefficient (Wildman–Crippen LogP) is 3.59. The second-order valence-corrected chi connectivity index (χ2v) is 5.49. The number of carbonyl (C=O) groups is 1. The summed E-state index contributed by atoms with van der Waals surface area (Å²) in [6.07, 6.45) is -2.05. The molecule has 0 amide bonds. The number of alkyl halides is 3. The molecule has 9 heteroatoms. The lowest BCUT2D eigenvalue weighted by Gasteiger charge is -2.09. The van der Waals surface area contributed by atoms with Gasteiger partial charge >= 0.3 is 12.1 Å². The first-order valence-corrected chi connectivity index (χ1v) is 7.64. The number of ether oxygens (including phenoxy) is 1. The molecule has 2 heterocycles. The van der Waals surface area contributed by atoms with Crippen LogP contribution in [0.15, 0.2) is 48.8 Å². The number of hydrogen-bond acceptors (Lipinski definition) is 6. The Morgan fingerprint density at radius 2 is 1.67 bits per heavy atom. The van der Waals surface area contributed by atoms with E-state index < -0.39 is 17.8 Å². The Morgan fingerprint density at radius 1 is 1.00 bits per heavy atom. The van der Waals surface area contributed by atoms with Crippen molar-refractivity contribution < 1.29 is 22.7 Å². The molecular weight excluding hydrogens is 361 g/mol. The molecular formula is C18H13F3N4O2. The van der Waals surface area contributed by atoms with Crippen molar-refractivity contribution in [3.8, 4) is 22.5 Å². The molecule has 1 aromatic carbocycles. The van der Waals surface area contributed by atoms with Gasteiger partial charge in [-0.2, -0.15) is 13.2 Å². The third-order valence-electron chi connectivity index (χ3n) is 3.73. The predicted molar refractivity (Wildman–Crippen MR) is 91.5 cm³/mol. The summed E-state index contributed by atoms with van der Waals surface area (Å²) < 4.78 is 42.6. The summed E-state index contributed by atoms with van der Waals surface area (Å²) in [5.41, 5.74) is 6.80. The average Bonchev–Trinajstić information content (AvgIpc) is 2.67. The van der Waals surface area contributed by atoms with Gasteiger partial charge in [-0.1, -0.05) is 12.1 Å². The molecule has 27 heavy (non-hydrogen) atoms. The molecule has 0 fully saturated rings. The number of hydrogen-bond donors (Lipinski definition) is 1. The van der Waals surface area contributed by atoms with E-state index in [1.54, 1.807) is 24.3 Å². The lowest BCUT2D eigenvalue weighted by Crippen LogP contribution is -2.07. The van der Waals surface area contributed by atoms with Crippen LogP contribution in [0.5, 0.6) is 0 Å². The zero-order valence-corrected chi connectivity index (χ0v) is 14.0. The average molecular weight is 374 g/mol. The van der Waals surface area contributed by atoms with Crippen molar-refractivity contribution in [3.63, 3.8) is 0 Å². The second kappa shape index (κ2) is 7.02. The van der Waals surface area contributed by atoms with Crippen LogP contribution in [0.2, 0.25) is 0 Å². The van der Waals surface area contributed by atoms with Crippen molar-refractivity contribution in [2.24, 2.45) is 0 Å². The minimum atomic E-state index is -4.53. The van der Waals surface area contributed by atoms with Gasteiger partial charge in [-0.05, 0) is 24.3 Å². The van der Waals surface area contributed by atoms with Gasteiger partial charge in [-0.25, -0.2) is 14.8 Å². The van der Waals surface area contributed by atoms with E-state index in [0.717, 1.165) is 12.3 Å². The lowest BCUT2D eigenvalue weighted by atomic mass is 10.1. The van der Waals surface area contributed by atoms with Gasteiger partial charge in [0, 0.05) is 17.3 Å². The first-order chi connectivity index (χ1) is 12.8. The molecule has 0 unspecified atom stereocenters. The molecule has 0 bridgehead atoms. The Morgan fingerprint density at radius 3 is 2.22 bits per heavy atom. The van der Waals surface area contributed by atoms with E-state index >= 15 is 0 Å². The lowest BCUT2D eigenvalue weighted by molar-refractivity contribution is -0.141. The van der Waals surface area contributed by atoms with E-state index in [0.29, 0.717) is 22.4 Å². The zero-order chi connectivity index (χ0) is 19.6. The first-order valence-electron chi connectivity index (χ1n) is 7.64. The van der Waals surface area contributed by atoms with Crippen LogP contribution in [0.25, 0.3) is 22.5 Å². The summed E-state index contributed by atoms with van der Waals surface area (Å²) in [7, 11) is 1.28. The van der Waals surface area contributed by atoms with E-state index in [-0.39, 0.29) is 11.5 Å². The van der Waals surface area contributed by atoms with Gasteiger partial charge < -0.3 is 10.5 Å². The van der Waals surface area contributed by atoms with E-state index in [9.17, 15) is 18.0 Å². The van der Waals surface area contributed by atoms with Crippen LogP contribution in [0.4, 0.5) is 19.0 Å². The SMILES string of the molecule is COC(=O)c1ccc(-c2cnc(N)c(-c3ccc(C(F)(F)F)nc3)n2)cc1. The largest absolute Gasteiger partial charge is 0.465 e. The van der Waals surface area contributed by atoms with E-state index in [1.807, 2.05) is 0 Å². The summed E-state index contributed by atoms with van der Waals surface area (Å²) in [5.74, 6) is -0.409. The van der Waals surface area contributed by atoms with Gasteiger partial charge in [0.25, 0.3) is 0 Å². The number of nitrogen functional groups attached to an aromatic ring is 1. The maximum absolute atomic E-state index is 12.7. The van der Waals surface area contributed by atoms with Crippen molar-refractivity contribution >= 4 is 11.8 Å². The van der Waals surface area contributed by atoms with Crippen molar-refractivity contribution in [3.05, 3.63) is 60.0 Å². The molecule has 0 aliphatic carbocycles. The fourth-order valence-electron chi connectivity index (χ4n) is 2.35. The minimum Gasteiger partial charge on any atom is -0.465 e. The standard InChI is InChI=1S/C18H13F3N4O2/c1-27-17(26)11-4-2-10(3-5-11)13-9-24-16(22)15(25-13)12-6-7-14(23-8-12)18(19,20)21/h2-9H,1H3,(H2,22,24). The molecule has 138 valence electrons. The van der Waals surface area contributed by atoms with Gasteiger partial charge in [-0.3, -0.25) is 4.98 Å². The summed E-state index contributed by atoms with van der Waals surface area (Å²) in [6, 6.07) is 8.54. The maximum atomic E-state index is 12.7. The fourth-order valence-corrected chi connectivity index (χ4v) is 2.35. The van der Waals surface area contributed by atoms with Gasteiger partial charge in [0.2, 0.25) is 0 Å². The Balaban J connectivity index is 1.96. The summed E-state index contributed by atoms with van der Waals surface area (Å²) in [5, 5.41) is 0. The van der Waals surface area contributed by atoms with Gasteiger partial charge in [0.15, 0.2) is 0 Å². The Labute approximate surface area is 151 Å². The molecule has 3 rings (SSSR count). The number of aromatic nitrogens is 3. The highest BCUT2D eigenvalue weighted by Gasteiger charge is 2.32. The minimum absolute atomic E-state index is 0.0616. The molecule has 0 aliphatic rings. The number of carbonyl (C=O) groups excluding carboxylic acids is 1. The number of pyridine rings is 1. The zero-order valence-electron chi connectivity index (χ0n) is 14.0. The molecule has 0 spiro atoms. The molecule has 6 nitrogen and oxygen atoms in total. The van der Waals surface area contributed by atoms with Crippen molar-refractivity contribution in [2.45, 2.75) is 6.18 Å². The van der Waals surface area contributed by atoms with Crippen LogP contribution >= 0.6 is 0 Å². The Hall–Kier alpha value is -3.49. The normalized spacial score (nSPS) is 11.3. The van der Waals surface area contributed by atoms with Crippen molar-refractivity contribution in [1.29, 1.82) is 0 Å². The van der Waals surface area contributed by atoms with Crippen LogP contribution in [-0.4, -0.2) is 28.0 Å². The molecule has 3 aromatic rings. The van der Waals surface area contributed by atoms with Crippen LogP contribution in [0.1, 0.15) is 16.1 Å². The van der Waals surface area contributed by atoms with Crippen molar-refractivity contribution in [2.75, 3.05) is 12.8 Å². The first kappa shape index (κ1) is 18.3. The summed E-state index contributed by atoms with van der Waals surface area (Å²) in [4.78, 5) is 23.3. The number of benzene rings is 1. The fraction of sp³-hybridized carbons (Fsp3) is 0.111. The summed E-state index contributed by atoms with van der Waals surface area (Å²) >= 11 is 0. The van der Waals surface area contributed by atoms with E-state index in [2.05, 4.69) is 19.7 Å². The highest BCUT2D eigenvalue weighted by Crippen LogP contribution is 2.30. The molecule has 0 aliphatic heterocycles. The summed E-state index contributed by atoms with van der Waals surface area (Å²) in [6.45, 7) is 0. The number of esters is 1. The molecule has 2 aromatic heterocycles. The number of anilines is 1. The van der Waals surface area contributed by atoms with Gasteiger partial charge in [-0.15, -0.1) is 0 Å². The number of rotatable bonds is 3. The molecule has 0 saturated heterocycles. The molecule has 0 saturated carbocycles. The van der Waals surface area contributed by atoms with Crippen LogP contribution in [-0.2, 0) is 10.9 Å². The van der Waals surface area contributed by atoms with Gasteiger partial charge in [0.1, 0.15) is 17.2 Å². The van der Waals surface area contributed by atoms with Crippen LogP contribution in [0.3, 0.4) is 0 Å². The molecule has 2 N–H and O–H groups in total. The quantitative estimate of drug-likeness (QED) is 0.705. The second-order valence-electron chi connectivity index (χ2n) is 5.49. The monoisotopic (exact) mass is 374 g/mol. The Bertz CT molecular complexity index is 971. The third-order valence-corrected chi connectivity index (χ3v) is 3.73. The van der Waals surface area contributed by atoms with Crippen molar-refractivity contribution in [1.82, 2.24) is 15.0 Å². The molecule has 0 radical (unpaired) electrons. The smallest absolute Gasteiger partial charge is 0.433 e. The molecule has 0 atom stereocenters. The third kappa shape index (κ3) is 3.86. The number of nitrogens with two attached hydrogens (primary N) is 1. The number of halogens is 3. The Kier molecular flexibility index (Phi) is 4.76. The van der Waals surface area contributed by atoms with Crippen LogP contribution in [0, 0.1) is 0 Å². The van der Waals surface area contributed by atoms with Gasteiger partial charge in [0.05, 0.1) is 24.6 Å². The maximum Gasteiger partial charge on any atom is 0.433 e. The topological polar surface area (TPSA) is 91.0 Å². The number of nitrogens with zero attached hydrogens (tertiary/aromatic N) is 3. The van der Waals surface area contributed by atoms with E-state index in [1.165, 1.54) is 19.4 Å². The van der Waals surface area contributed by atoms with Crippen LogP contribution < -0.4 is 5.73 Å². The highest BCUT2D eigenvalue weighted by atomic mass is 19.4. The highest BCUT2D eigenvalue weighted by molar-refractivity contribution is 5.89. The van der Waals surface area contributed by atoms with E-state index in [4.69, 9.17) is 5.73 Å².